The van der Waals surface area contributed by atoms with Crippen molar-refractivity contribution in [2.75, 3.05) is 0 Å². The zero-order chi connectivity index (χ0) is 15.5. The molecule has 0 unspecified atom stereocenters. The Balaban J connectivity index is 2.15. The van der Waals surface area contributed by atoms with E-state index >= 15 is 0 Å². The highest BCUT2D eigenvalue weighted by Gasteiger charge is 2.19. The maximum atomic E-state index is 12.1. The average molecular weight is 346 g/mol. The first kappa shape index (κ1) is 15.7. The second kappa shape index (κ2) is 6.40. The van der Waals surface area contributed by atoms with E-state index in [0.717, 1.165) is 0 Å². The molecule has 1 aromatic heterocycles. The van der Waals surface area contributed by atoms with Crippen molar-refractivity contribution in [3.63, 3.8) is 0 Å². The highest BCUT2D eigenvalue weighted by Crippen LogP contribution is 2.24. The smallest absolute Gasteiger partial charge is 0.272 e. The third-order valence-corrected chi connectivity index (χ3v) is 4.34. The van der Waals surface area contributed by atoms with E-state index in [1.165, 1.54) is 30.5 Å². The van der Waals surface area contributed by atoms with Crippen LogP contribution in [0.3, 0.4) is 0 Å². The predicted octanol–water partition coefficient (Wildman–Crippen LogP) is 2.01. The molecular weight excluding hydrogens is 337 g/mol. The quantitative estimate of drug-likeness (QED) is 0.829. The SMILES string of the molecule is O=C(NNS(=O)(=O)c1cc(Cl)ccc1Cl)c1ccccn1. The molecule has 0 aliphatic heterocycles. The second-order valence-corrected chi connectivity index (χ2v) is 6.34. The Morgan fingerprint density at radius 3 is 2.57 bits per heavy atom. The molecule has 2 aromatic rings. The summed E-state index contributed by atoms with van der Waals surface area (Å²) >= 11 is 11.5. The molecule has 0 fully saturated rings. The highest BCUT2D eigenvalue weighted by atomic mass is 35.5. The number of nitrogens with one attached hydrogen (secondary N) is 2. The number of rotatable bonds is 4. The number of hydrazine groups is 1. The lowest BCUT2D eigenvalue weighted by molar-refractivity contribution is 0.0940. The molecule has 0 bridgehead atoms. The third kappa shape index (κ3) is 3.92. The molecule has 0 saturated heterocycles. The van der Waals surface area contributed by atoms with Crippen molar-refractivity contribution in [1.29, 1.82) is 0 Å². The second-order valence-electron chi connectivity index (χ2n) is 3.85. The van der Waals surface area contributed by atoms with Gasteiger partial charge in [0.1, 0.15) is 10.6 Å². The van der Waals surface area contributed by atoms with Crippen molar-refractivity contribution in [2.45, 2.75) is 4.90 Å². The molecule has 2 rings (SSSR count). The lowest BCUT2D eigenvalue weighted by atomic mass is 10.3. The number of carbonyl (C=O) groups is 1. The molecule has 0 radical (unpaired) electrons. The molecule has 9 heteroatoms. The van der Waals surface area contributed by atoms with Gasteiger partial charge in [0.25, 0.3) is 15.9 Å². The van der Waals surface area contributed by atoms with Gasteiger partial charge in [-0.05, 0) is 30.3 Å². The van der Waals surface area contributed by atoms with Crippen LogP contribution < -0.4 is 10.3 Å². The van der Waals surface area contributed by atoms with E-state index in [1.807, 2.05) is 10.3 Å². The Morgan fingerprint density at radius 1 is 1.14 bits per heavy atom. The number of amides is 1. The van der Waals surface area contributed by atoms with Crippen molar-refractivity contribution in [1.82, 2.24) is 15.2 Å². The van der Waals surface area contributed by atoms with Crippen molar-refractivity contribution < 1.29 is 13.2 Å². The summed E-state index contributed by atoms with van der Waals surface area (Å²) in [5, 5.41) is 0.190. The monoisotopic (exact) mass is 345 g/mol. The van der Waals surface area contributed by atoms with Gasteiger partial charge in [-0.1, -0.05) is 29.3 Å². The molecule has 0 spiro atoms. The average Bonchev–Trinajstić information content (AvgIpc) is 2.48. The Hall–Kier alpha value is -1.67. The van der Waals surface area contributed by atoms with Gasteiger partial charge in [0, 0.05) is 11.2 Å². The molecule has 21 heavy (non-hydrogen) atoms. The van der Waals surface area contributed by atoms with Crippen LogP contribution in [0.2, 0.25) is 10.0 Å². The third-order valence-electron chi connectivity index (χ3n) is 2.38. The number of hydrogen-bond acceptors (Lipinski definition) is 4. The molecule has 110 valence electrons. The van der Waals surface area contributed by atoms with Gasteiger partial charge >= 0.3 is 0 Å². The Morgan fingerprint density at radius 2 is 1.90 bits per heavy atom. The van der Waals surface area contributed by atoms with Gasteiger partial charge < -0.3 is 0 Å². The first-order valence-corrected chi connectivity index (χ1v) is 7.82. The first-order valence-electron chi connectivity index (χ1n) is 5.58. The van der Waals surface area contributed by atoms with Crippen molar-refractivity contribution >= 4 is 39.1 Å². The van der Waals surface area contributed by atoms with E-state index in [2.05, 4.69) is 4.98 Å². The summed E-state index contributed by atoms with van der Waals surface area (Å²) < 4.78 is 24.1. The van der Waals surface area contributed by atoms with Gasteiger partial charge in [0.15, 0.2) is 0 Å². The summed E-state index contributed by atoms with van der Waals surface area (Å²) in [5.74, 6) is -0.697. The molecular formula is C12H9Cl2N3O3S. The van der Waals surface area contributed by atoms with Crippen LogP contribution in [0.15, 0.2) is 47.5 Å². The van der Waals surface area contributed by atoms with E-state index in [4.69, 9.17) is 23.2 Å². The minimum absolute atomic E-state index is 0.0148. The Bertz CT molecular complexity index is 767. The summed E-state index contributed by atoms with van der Waals surface area (Å²) in [5.41, 5.74) is 2.11. The highest BCUT2D eigenvalue weighted by molar-refractivity contribution is 7.89. The minimum Gasteiger partial charge on any atom is -0.272 e. The van der Waals surface area contributed by atoms with Crippen molar-refractivity contribution in [2.24, 2.45) is 0 Å². The number of aromatic nitrogens is 1. The van der Waals surface area contributed by atoms with Gasteiger partial charge in [0.05, 0.1) is 5.02 Å². The van der Waals surface area contributed by atoms with Crippen LogP contribution in [-0.2, 0) is 10.0 Å². The molecule has 1 amide bonds. The van der Waals surface area contributed by atoms with Crippen molar-refractivity contribution in [3.05, 3.63) is 58.3 Å². The number of halogens is 2. The van der Waals surface area contributed by atoms with Gasteiger partial charge in [-0.2, -0.15) is 0 Å². The van der Waals surface area contributed by atoms with E-state index in [0.29, 0.717) is 0 Å². The van der Waals surface area contributed by atoms with Crippen molar-refractivity contribution in [3.8, 4) is 0 Å². The van der Waals surface area contributed by atoms with E-state index in [9.17, 15) is 13.2 Å². The van der Waals surface area contributed by atoms with Gasteiger partial charge in [-0.25, -0.2) is 8.42 Å². The van der Waals surface area contributed by atoms with Crippen LogP contribution in [0.25, 0.3) is 0 Å². The zero-order valence-corrected chi connectivity index (χ0v) is 12.7. The Kier molecular flexibility index (Phi) is 4.79. The van der Waals surface area contributed by atoms with E-state index in [-0.39, 0.29) is 20.6 Å². The number of pyridine rings is 1. The molecule has 2 N–H and O–H groups in total. The number of sulfonamides is 1. The normalized spacial score (nSPS) is 11.1. The van der Waals surface area contributed by atoms with E-state index < -0.39 is 15.9 Å². The summed E-state index contributed by atoms with van der Waals surface area (Å²) in [7, 11) is -4.04. The van der Waals surface area contributed by atoms with Gasteiger partial charge in [-0.15, -0.1) is 4.83 Å². The molecule has 1 heterocycles. The molecule has 0 atom stereocenters. The van der Waals surface area contributed by atoms with Crippen LogP contribution in [0, 0.1) is 0 Å². The van der Waals surface area contributed by atoms with Crippen LogP contribution in [0.1, 0.15) is 10.5 Å². The van der Waals surface area contributed by atoms with Gasteiger partial charge in [0.2, 0.25) is 0 Å². The summed E-state index contributed by atoms with van der Waals surface area (Å²) in [6.45, 7) is 0. The predicted molar refractivity (Wildman–Crippen MR) is 78.5 cm³/mol. The van der Waals surface area contributed by atoms with Crippen LogP contribution in [-0.4, -0.2) is 19.3 Å². The largest absolute Gasteiger partial charge is 0.284 e. The maximum Gasteiger partial charge on any atom is 0.284 e. The summed E-state index contributed by atoms with van der Waals surface area (Å²) in [6.07, 6.45) is 1.41. The molecule has 6 nitrogen and oxygen atoms in total. The molecule has 0 saturated carbocycles. The topological polar surface area (TPSA) is 88.2 Å². The Labute approximate surface area is 131 Å². The summed E-state index contributed by atoms with van der Waals surface area (Å²) in [6, 6.07) is 8.65. The molecule has 0 aliphatic carbocycles. The number of nitrogens with zero attached hydrogens (tertiary/aromatic N) is 1. The van der Waals surface area contributed by atoms with Crippen LogP contribution in [0.4, 0.5) is 0 Å². The number of hydrogen-bond donors (Lipinski definition) is 2. The fourth-order valence-corrected chi connectivity index (χ4v) is 3.02. The number of benzene rings is 1. The molecule has 1 aromatic carbocycles. The van der Waals surface area contributed by atoms with Crippen LogP contribution in [0.5, 0.6) is 0 Å². The maximum absolute atomic E-state index is 12.1. The first-order chi connectivity index (χ1) is 9.90. The standard InChI is InChI=1S/C12H9Cl2N3O3S/c13-8-4-5-9(14)11(7-8)21(19,20)17-16-12(18)10-3-1-2-6-15-10/h1-7,17H,(H,16,18). The van der Waals surface area contributed by atoms with Gasteiger partial charge in [-0.3, -0.25) is 15.2 Å². The zero-order valence-electron chi connectivity index (χ0n) is 10.4. The fourth-order valence-electron chi connectivity index (χ4n) is 1.41. The fraction of sp³-hybridized carbons (Fsp3) is 0. The van der Waals surface area contributed by atoms with E-state index in [1.54, 1.807) is 12.1 Å². The lowest BCUT2D eigenvalue weighted by Crippen LogP contribution is -2.41. The number of carbonyl (C=O) groups excluding carboxylic acids is 1. The molecule has 0 aliphatic rings. The summed E-state index contributed by atoms with van der Waals surface area (Å²) in [4.78, 5) is 17.2. The van der Waals surface area contributed by atoms with Crippen LogP contribution >= 0.6 is 23.2 Å². The minimum atomic E-state index is -4.04. The lowest BCUT2D eigenvalue weighted by Gasteiger charge is -2.09.